The van der Waals surface area contributed by atoms with Crippen LogP contribution in [-0.2, 0) is 0 Å². The molecule has 0 N–H and O–H groups in total. The number of benzene rings is 1. The molecule has 1 fully saturated rings. The van der Waals surface area contributed by atoms with E-state index in [1.54, 1.807) is 11.3 Å². The number of fused-ring (bicyclic) bond motifs is 1. The maximum Gasteiger partial charge on any atom is 0.0941 e. The van der Waals surface area contributed by atoms with Gasteiger partial charge in [0.05, 0.1) is 4.34 Å². The summed E-state index contributed by atoms with van der Waals surface area (Å²) >= 11 is 7.76. The molecule has 0 aliphatic carbocycles. The van der Waals surface area contributed by atoms with Crippen LogP contribution in [0.4, 0.5) is 5.69 Å². The van der Waals surface area contributed by atoms with E-state index in [0.29, 0.717) is 0 Å². The van der Waals surface area contributed by atoms with Crippen molar-refractivity contribution in [2.24, 2.45) is 0 Å². The van der Waals surface area contributed by atoms with E-state index in [0.717, 1.165) is 4.34 Å². The van der Waals surface area contributed by atoms with Gasteiger partial charge in [-0.15, -0.1) is 11.3 Å². The summed E-state index contributed by atoms with van der Waals surface area (Å²) < 4.78 is 2.19. The van der Waals surface area contributed by atoms with E-state index in [2.05, 4.69) is 29.2 Å². The fraction of sp³-hybridized carbons (Fsp3) is 0.385. The monoisotopic (exact) mass is 251 g/mol. The molecule has 16 heavy (non-hydrogen) atoms. The van der Waals surface area contributed by atoms with Gasteiger partial charge >= 0.3 is 0 Å². The lowest BCUT2D eigenvalue weighted by Gasteiger charge is -2.29. The van der Waals surface area contributed by atoms with Crippen molar-refractivity contribution in [2.75, 3.05) is 18.0 Å². The number of nitrogens with zero attached hydrogens (tertiary/aromatic N) is 1. The van der Waals surface area contributed by atoms with Crippen molar-refractivity contribution in [2.45, 2.75) is 19.3 Å². The molecule has 0 unspecified atom stereocenters. The van der Waals surface area contributed by atoms with Gasteiger partial charge in [0.1, 0.15) is 0 Å². The zero-order valence-electron chi connectivity index (χ0n) is 9.08. The number of thiophene rings is 1. The average molecular weight is 252 g/mol. The van der Waals surface area contributed by atoms with Crippen LogP contribution < -0.4 is 4.90 Å². The molecule has 0 amide bonds. The molecular formula is C13H14ClNS. The van der Waals surface area contributed by atoms with Crippen molar-refractivity contribution in [3.05, 3.63) is 28.6 Å². The van der Waals surface area contributed by atoms with Crippen molar-refractivity contribution in [1.82, 2.24) is 0 Å². The van der Waals surface area contributed by atoms with E-state index in [1.807, 2.05) is 0 Å². The smallest absolute Gasteiger partial charge is 0.0941 e. The molecule has 0 bridgehead atoms. The minimum atomic E-state index is 0.888. The van der Waals surface area contributed by atoms with Gasteiger partial charge in [0.15, 0.2) is 0 Å². The summed E-state index contributed by atoms with van der Waals surface area (Å²) in [6.45, 7) is 2.37. The molecule has 1 aromatic carbocycles. The highest BCUT2D eigenvalue weighted by molar-refractivity contribution is 7.22. The Kier molecular flexibility index (Phi) is 2.78. The second kappa shape index (κ2) is 4.27. The van der Waals surface area contributed by atoms with E-state index in [4.69, 9.17) is 11.6 Å². The Balaban J connectivity index is 2.07. The third-order valence-corrected chi connectivity index (χ3v) is 4.43. The quantitative estimate of drug-likeness (QED) is 0.719. The molecule has 0 atom stereocenters. The predicted octanol–water partition coefficient (Wildman–Crippen LogP) is 4.55. The summed E-state index contributed by atoms with van der Waals surface area (Å²) in [5.74, 6) is 0. The van der Waals surface area contributed by atoms with Gasteiger partial charge < -0.3 is 4.90 Å². The Labute approximate surface area is 105 Å². The van der Waals surface area contributed by atoms with Crippen LogP contribution >= 0.6 is 22.9 Å². The summed E-state index contributed by atoms with van der Waals surface area (Å²) in [5.41, 5.74) is 1.36. The van der Waals surface area contributed by atoms with Crippen LogP contribution in [0.1, 0.15) is 19.3 Å². The molecular weight excluding hydrogens is 238 g/mol. The fourth-order valence-corrected chi connectivity index (χ4v) is 3.59. The van der Waals surface area contributed by atoms with Gasteiger partial charge in [-0.3, -0.25) is 0 Å². The first-order valence-electron chi connectivity index (χ1n) is 5.77. The van der Waals surface area contributed by atoms with Crippen molar-refractivity contribution in [3.8, 4) is 0 Å². The molecule has 0 spiro atoms. The van der Waals surface area contributed by atoms with E-state index in [1.165, 1.54) is 48.1 Å². The normalized spacial score (nSPS) is 16.9. The summed E-state index contributed by atoms with van der Waals surface area (Å²) in [4.78, 5) is 2.49. The lowest BCUT2D eigenvalue weighted by atomic mass is 10.1. The lowest BCUT2D eigenvalue weighted by molar-refractivity contribution is 0.579. The molecule has 1 aliphatic rings. The number of anilines is 1. The highest BCUT2D eigenvalue weighted by atomic mass is 35.5. The van der Waals surface area contributed by atoms with E-state index in [9.17, 15) is 0 Å². The third-order valence-electron chi connectivity index (χ3n) is 3.21. The Morgan fingerprint density at radius 2 is 1.94 bits per heavy atom. The summed E-state index contributed by atoms with van der Waals surface area (Å²) in [7, 11) is 0. The fourth-order valence-electron chi connectivity index (χ4n) is 2.43. The van der Waals surface area contributed by atoms with E-state index in [-0.39, 0.29) is 0 Å². The maximum absolute atomic E-state index is 6.09. The molecule has 1 aliphatic heterocycles. The number of hydrogen-bond donors (Lipinski definition) is 0. The highest BCUT2D eigenvalue weighted by Crippen LogP contribution is 2.36. The molecule has 0 radical (unpaired) electrons. The van der Waals surface area contributed by atoms with Crippen LogP contribution in [0.15, 0.2) is 24.3 Å². The van der Waals surface area contributed by atoms with E-state index >= 15 is 0 Å². The van der Waals surface area contributed by atoms with Crippen LogP contribution in [-0.4, -0.2) is 13.1 Å². The topological polar surface area (TPSA) is 3.24 Å². The Morgan fingerprint density at radius 1 is 1.12 bits per heavy atom. The first kappa shape index (κ1) is 10.4. The van der Waals surface area contributed by atoms with Gasteiger partial charge in [0, 0.05) is 28.9 Å². The zero-order valence-corrected chi connectivity index (χ0v) is 10.7. The minimum Gasteiger partial charge on any atom is -0.371 e. The molecule has 1 saturated heterocycles. The largest absolute Gasteiger partial charge is 0.371 e. The Bertz CT molecular complexity index is 500. The number of piperidine rings is 1. The molecule has 3 heteroatoms. The second-order valence-corrected chi connectivity index (χ2v) is 6.00. The maximum atomic E-state index is 6.09. The van der Waals surface area contributed by atoms with Crippen LogP contribution in [0, 0.1) is 0 Å². The van der Waals surface area contributed by atoms with Gasteiger partial charge in [0.25, 0.3) is 0 Å². The third kappa shape index (κ3) is 1.80. The van der Waals surface area contributed by atoms with Gasteiger partial charge in [-0.25, -0.2) is 0 Å². The van der Waals surface area contributed by atoms with Gasteiger partial charge in [-0.2, -0.15) is 0 Å². The number of halogens is 1. The van der Waals surface area contributed by atoms with Crippen LogP contribution in [0.25, 0.3) is 10.1 Å². The van der Waals surface area contributed by atoms with Crippen molar-refractivity contribution < 1.29 is 0 Å². The highest BCUT2D eigenvalue weighted by Gasteiger charge is 2.14. The molecule has 84 valence electrons. The van der Waals surface area contributed by atoms with Crippen LogP contribution in [0.3, 0.4) is 0 Å². The van der Waals surface area contributed by atoms with Crippen molar-refractivity contribution in [1.29, 1.82) is 0 Å². The lowest BCUT2D eigenvalue weighted by Crippen LogP contribution is -2.29. The summed E-state index contributed by atoms with van der Waals surface area (Å²) in [6, 6.07) is 8.61. The standard InChI is InChI=1S/C13H14ClNS/c14-13-9-10-11(5-4-6-12(10)16-13)15-7-2-1-3-8-15/h4-6,9H,1-3,7-8H2. The van der Waals surface area contributed by atoms with Crippen molar-refractivity contribution in [3.63, 3.8) is 0 Å². The molecule has 1 nitrogen and oxygen atoms in total. The summed E-state index contributed by atoms with van der Waals surface area (Å²) in [6.07, 6.45) is 4.00. The van der Waals surface area contributed by atoms with Crippen molar-refractivity contribution >= 4 is 38.7 Å². The minimum absolute atomic E-state index is 0.888. The van der Waals surface area contributed by atoms with Gasteiger partial charge in [0.2, 0.25) is 0 Å². The number of rotatable bonds is 1. The Hall–Kier alpha value is -0.730. The molecule has 1 aromatic heterocycles. The van der Waals surface area contributed by atoms with Crippen LogP contribution in [0.2, 0.25) is 4.34 Å². The SMILES string of the molecule is Clc1cc2c(N3CCCCC3)cccc2s1. The molecule has 3 rings (SSSR count). The van der Waals surface area contributed by atoms with Crippen LogP contribution in [0.5, 0.6) is 0 Å². The molecule has 2 aromatic rings. The van der Waals surface area contributed by atoms with Gasteiger partial charge in [-0.05, 0) is 37.5 Å². The summed E-state index contributed by atoms with van der Waals surface area (Å²) in [5, 5.41) is 1.32. The van der Waals surface area contributed by atoms with E-state index < -0.39 is 0 Å². The first-order chi connectivity index (χ1) is 7.84. The Morgan fingerprint density at radius 3 is 2.75 bits per heavy atom. The predicted molar refractivity (Wildman–Crippen MR) is 72.9 cm³/mol. The molecule has 2 heterocycles. The zero-order chi connectivity index (χ0) is 11.0. The average Bonchev–Trinajstić information content (AvgIpc) is 2.70. The molecule has 0 saturated carbocycles. The number of hydrogen-bond acceptors (Lipinski definition) is 2. The first-order valence-corrected chi connectivity index (χ1v) is 6.97. The second-order valence-electron chi connectivity index (χ2n) is 4.29. The van der Waals surface area contributed by atoms with Gasteiger partial charge in [-0.1, -0.05) is 17.7 Å².